The van der Waals surface area contributed by atoms with Gasteiger partial charge in [0.25, 0.3) is 0 Å². The molecule has 0 fully saturated rings. The highest BCUT2D eigenvalue weighted by atomic mass is 35.5. The summed E-state index contributed by atoms with van der Waals surface area (Å²) >= 11 is 12.0. The number of fused-ring (bicyclic) bond motifs is 1. The summed E-state index contributed by atoms with van der Waals surface area (Å²) in [6.45, 7) is 6.02. The van der Waals surface area contributed by atoms with Gasteiger partial charge >= 0.3 is 0 Å². The molecule has 1 aromatic heterocycles. The smallest absolute Gasteiger partial charge is 0.149 e. The SMILES string of the molecule is C=C(/C=C\C=C/C)[C@@H](CCCl)Oc1cc(Cl)cc2[nH]cnc12. The number of hydrogen-bond acceptors (Lipinski definition) is 2. The summed E-state index contributed by atoms with van der Waals surface area (Å²) < 4.78 is 6.07. The molecule has 116 valence electrons. The fourth-order valence-corrected chi connectivity index (χ4v) is 2.45. The van der Waals surface area contributed by atoms with Crippen LogP contribution in [0.15, 0.2) is 54.9 Å². The van der Waals surface area contributed by atoms with E-state index >= 15 is 0 Å². The third kappa shape index (κ3) is 4.15. The van der Waals surface area contributed by atoms with Gasteiger partial charge in [-0.15, -0.1) is 11.6 Å². The monoisotopic (exact) mass is 336 g/mol. The number of aromatic amines is 1. The molecule has 1 atom stereocenters. The fraction of sp³-hybridized carbons (Fsp3) is 0.235. The second-order valence-electron chi connectivity index (χ2n) is 4.75. The molecule has 5 heteroatoms. The van der Waals surface area contributed by atoms with Crippen molar-refractivity contribution in [2.45, 2.75) is 19.4 Å². The van der Waals surface area contributed by atoms with Gasteiger partial charge in [0.1, 0.15) is 17.4 Å². The van der Waals surface area contributed by atoms with E-state index in [0.29, 0.717) is 23.1 Å². The molecule has 0 saturated heterocycles. The van der Waals surface area contributed by atoms with Gasteiger partial charge in [-0.05, 0) is 18.6 Å². The lowest BCUT2D eigenvalue weighted by Gasteiger charge is -2.19. The van der Waals surface area contributed by atoms with Gasteiger partial charge in [0, 0.05) is 23.4 Å². The minimum Gasteiger partial charge on any atom is -0.483 e. The van der Waals surface area contributed by atoms with E-state index in [1.54, 1.807) is 12.4 Å². The predicted molar refractivity (Wildman–Crippen MR) is 94.0 cm³/mol. The number of nitrogens with one attached hydrogen (secondary N) is 1. The molecule has 1 heterocycles. The zero-order valence-corrected chi connectivity index (χ0v) is 13.9. The van der Waals surface area contributed by atoms with Crippen molar-refractivity contribution in [1.82, 2.24) is 9.97 Å². The van der Waals surface area contributed by atoms with Gasteiger partial charge in [0.15, 0.2) is 0 Å². The predicted octanol–water partition coefficient (Wildman–Crippen LogP) is 5.28. The van der Waals surface area contributed by atoms with E-state index in [1.807, 2.05) is 37.3 Å². The van der Waals surface area contributed by atoms with Crippen LogP contribution in [0.3, 0.4) is 0 Å². The Morgan fingerprint density at radius 1 is 1.45 bits per heavy atom. The highest BCUT2D eigenvalue weighted by Crippen LogP contribution is 2.29. The minimum atomic E-state index is -0.225. The second-order valence-corrected chi connectivity index (χ2v) is 5.56. The molecular formula is C17H18Cl2N2O. The highest BCUT2D eigenvalue weighted by Gasteiger charge is 2.15. The van der Waals surface area contributed by atoms with Gasteiger partial charge in [-0.25, -0.2) is 4.98 Å². The Balaban J connectivity index is 2.26. The van der Waals surface area contributed by atoms with E-state index < -0.39 is 0 Å². The van der Waals surface area contributed by atoms with Gasteiger partial charge in [0.05, 0.1) is 11.8 Å². The van der Waals surface area contributed by atoms with Crippen LogP contribution in [0.25, 0.3) is 11.0 Å². The third-order valence-electron chi connectivity index (χ3n) is 3.12. The van der Waals surface area contributed by atoms with E-state index in [1.165, 1.54) is 0 Å². The molecule has 2 rings (SSSR count). The number of benzene rings is 1. The molecule has 22 heavy (non-hydrogen) atoms. The van der Waals surface area contributed by atoms with Crippen LogP contribution in [0.1, 0.15) is 13.3 Å². The van der Waals surface area contributed by atoms with Crippen LogP contribution in [0, 0.1) is 0 Å². The summed E-state index contributed by atoms with van der Waals surface area (Å²) in [5.41, 5.74) is 2.43. The van der Waals surface area contributed by atoms with E-state index in [0.717, 1.165) is 16.6 Å². The van der Waals surface area contributed by atoms with Crippen LogP contribution < -0.4 is 4.74 Å². The Morgan fingerprint density at radius 2 is 2.27 bits per heavy atom. The lowest BCUT2D eigenvalue weighted by Crippen LogP contribution is -2.19. The number of allylic oxidation sites excluding steroid dienone is 3. The molecule has 0 saturated carbocycles. The maximum absolute atomic E-state index is 6.12. The van der Waals surface area contributed by atoms with E-state index in [2.05, 4.69) is 16.5 Å². The molecule has 0 unspecified atom stereocenters. The first-order chi connectivity index (χ1) is 10.7. The van der Waals surface area contributed by atoms with Crippen LogP contribution in [-0.2, 0) is 0 Å². The van der Waals surface area contributed by atoms with Crippen molar-refractivity contribution in [2.75, 3.05) is 5.88 Å². The molecule has 1 aromatic carbocycles. The second kappa shape index (κ2) is 8.06. The number of hydrogen-bond donors (Lipinski definition) is 1. The lowest BCUT2D eigenvalue weighted by atomic mass is 10.1. The fourth-order valence-electron chi connectivity index (χ4n) is 2.04. The number of alkyl halides is 1. The molecule has 0 aliphatic rings. The van der Waals surface area contributed by atoms with Crippen LogP contribution in [0.5, 0.6) is 5.75 Å². The summed E-state index contributed by atoms with van der Waals surface area (Å²) in [4.78, 5) is 7.31. The first-order valence-electron chi connectivity index (χ1n) is 6.99. The zero-order valence-electron chi connectivity index (χ0n) is 12.4. The van der Waals surface area contributed by atoms with Crippen LogP contribution in [0.2, 0.25) is 5.02 Å². The molecule has 0 spiro atoms. The summed E-state index contributed by atoms with van der Waals surface area (Å²) in [6, 6.07) is 3.57. The molecule has 0 radical (unpaired) electrons. The van der Waals surface area contributed by atoms with Crippen molar-refractivity contribution in [2.24, 2.45) is 0 Å². The van der Waals surface area contributed by atoms with Gasteiger partial charge in [0.2, 0.25) is 0 Å². The van der Waals surface area contributed by atoms with Crippen molar-refractivity contribution in [1.29, 1.82) is 0 Å². The molecule has 1 N–H and O–H groups in total. The van der Waals surface area contributed by atoms with Crippen molar-refractivity contribution in [3.63, 3.8) is 0 Å². The number of H-pyrrole nitrogens is 1. The average Bonchev–Trinajstić information content (AvgIpc) is 2.95. The van der Waals surface area contributed by atoms with Gasteiger partial charge < -0.3 is 9.72 Å². The summed E-state index contributed by atoms with van der Waals surface area (Å²) in [5.74, 6) is 1.10. The molecule has 0 amide bonds. The Hall–Kier alpha value is -1.71. The number of halogens is 2. The van der Waals surface area contributed by atoms with Gasteiger partial charge in [-0.1, -0.05) is 42.5 Å². The first kappa shape index (κ1) is 16.7. The molecule has 0 bridgehead atoms. The maximum Gasteiger partial charge on any atom is 0.149 e. The standard InChI is InChI=1S/C17H18Cl2N2O/c1-3-4-5-6-12(2)15(7-8-18)22-16-10-13(19)9-14-17(16)21-11-20-14/h3-6,9-11,15H,2,7-8H2,1H3,(H,20,21)/b4-3-,6-5-/t15-/m1/s1. The van der Waals surface area contributed by atoms with E-state index in [9.17, 15) is 0 Å². The largest absolute Gasteiger partial charge is 0.483 e. The number of nitrogens with zero attached hydrogens (tertiary/aromatic N) is 1. The van der Waals surface area contributed by atoms with Gasteiger partial charge in [-0.2, -0.15) is 0 Å². The first-order valence-corrected chi connectivity index (χ1v) is 7.90. The van der Waals surface area contributed by atoms with Crippen molar-refractivity contribution in [3.05, 3.63) is 59.9 Å². The minimum absolute atomic E-state index is 0.225. The highest BCUT2D eigenvalue weighted by molar-refractivity contribution is 6.31. The summed E-state index contributed by atoms with van der Waals surface area (Å²) in [5, 5.41) is 0.589. The van der Waals surface area contributed by atoms with Crippen LogP contribution >= 0.6 is 23.2 Å². The maximum atomic E-state index is 6.12. The normalized spacial score (nSPS) is 13.2. The number of rotatable bonds is 7. The number of imidazole rings is 1. The molecule has 0 aliphatic heterocycles. The summed E-state index contributed by atoms with van der Waals surface area (Å²) in [6.07, 6.45) is 9.78. The van der Waals surface area contributed by atoms with Crippen molar-refractivity contribution in [3.8, 4) is 5.75 Å². The Bertz CT molecular complexity index is 704. The number of ether oxygens (including phenoxy) is 1. The quantitative estimate of drug-likeness (QED) is 0.551. The number of aromatic nitrogens is 2. The zero-order chi connectivity index (χ0) is 15.9. The Morgan fingerprint density at radius 3 is 3.00 bits per heavy atom. The molecule has 3 nitrogen and oxygen atoms in total. The topological polar surface area (TPSA) is 37.9 Å². The van der Waals surface area contributed by atoms with Crippen molar-refractivity contribution < 1.29 is 4.74 Å². The van der Waals surface area contributed by atoms with Gasteiger partial charge in [-0.3, -0.25) is 0 Å². The van der Waals surface area contributed by atoms with Crippen LogP contribution in [0.4, 0.5) is 0 Å². The van der Waals surface area contributed by atoms with E-state index in [4.69, 9.17) is 27.9 Å². The Kier molecular flexibility index (Phi) is 6.10. The lowest BCUT2D eigenvalue weighted by molar-refractivity contribution is 0.240. The van der Waals surface area contributed by atoms with Crippen molar-refractivity contribution >= 4 is 34.2 Å². The molecular weight excluding hydrogens is 319 g/mol. The van der Waals surface area contributed by atoms with E-state index in [-0.39, 0.29) is 6.10 Å². The summed E-state index contributed by atoms with van der Waals surface area (Å²) in [7, 11) is 0. The Labute approximate surface area is 140 Å². The molecule has 2 aromatic rings. The van der Waals surface area contributed by atoms with Crippen LogP contribution in [-0.4, -0.2) is 22.0 Å². The third-order valence-corrected chi connectivity index (χ3v) is 3.56. The molecule has 0 aliphatic carbocycles. The average molecular weight is 337 g/mol.